The average molecular weight is 549 g/mol. The molecule has 0 aliphatic carbocycles. The summed E-state index contributed by atoms with van der Waals surface area (Å²) in [6, 6.07) is 11.1. The number of hydrogen-bond acceptors (Lipinski definition) is 6. The molecule has 4 rings (SSSR count). The van der Waals surface area contributed by atoms with Crippen LogP contribution in [-0.2, 0) is 12.6 Å². The summed E-state index contributed by atoms with van der Waals surface area (Å²) in [6.07, 6.45) is -2.99. The number of nitrogens with zero attached hydrogens (tertiary/aromatic N) is 4. The zero-order chi connectivity index (χ0) is 27.1. The van der Waals surface area contributed by atoms with Gasteiger partial charge in [0.05, 0.1) is 5.56 Å². The average Bonchev–Trinajstić information content (AvgIpc) is 2.89. The summed E-state index contributed by atoms with van der Waals surface area (Å²) in [5.41, 5.74) is -0.0575. The summed E-state index contributed by atoms with van der Waals surface area (Å²) < 4.78 is 47.0. The van der Waals surface area contributed by atoms with E-state index in [1.807, 2.05) is 0 Å². The third kappa shape index (κ3) is 7.80. The van der Waals surface area contributed by atoms with Gasteiger partial charge in [0, 0.05) is 50.2 Å². The van der Waals surface area contributed by atoms with Crippen LogP contribution in [0, 0.1) is 0 Å². The van der Waals surface area contributed by atoms with Gasteiger partial charge < -0.3 is 25.2 Å². The molecule has 3 aromatic rings. The van der Waals surface area contributed by atoms with E-state index in [2.05, 4.69) is 37.3 Å². The number of amides is 2. The highest BCUT2D eigenvalue weighted by Gasteiger charge is 2.33. The number of benzene rings is 2. The van der Waals surface area contributed by atoms with E-state index in [1.54, 1.807) is 24.3 Å². The van der Waals surface area contributed by atoms with Crippen LogP contribution in [0.25, 0.3) is 0 Å². The van der Waals surface area contributed by atoms with Gasteiger partial charge in [-0.3, -0.25) is 0 Å². The number of rotatable bonds is 8. The molecule has 2 aromatic carbocycles. The van der Waals surface area contributed by atoms with Crippen LogP contribution in [0.3, 0.4) is 0 Å². The normalized spacial score (nSPS) is 14.8. The maximum absolute atomic E-state index is 13.8. The van der Waals surface area contributed by atoms with E-state index in [9.17, 15) is 18.0 Å². The van der Waals surface area contributed by atoms with Gasteiger partial charge in [-0.25, -0.2) is 14.8 Å². The van der Waals surface area contributed by atoms with E-state index >= 15 is 0 Å². The number of alkyl halides is 3. The van der Waals surface area contributed by atoms with Gasteiger partial charge in [0.15, 0.2) is 0 Å². The molecule has 12 heteroatoms. The van der Waals surface area contributed by atoms with Gasteiger partial charge in [0.25, 0.3) is 0 Å². The predicted molar refractivity (Wildman–Crippen MR) is 140 cm³/mol. The van der Waals surface area contributed by atoms with Crippen molar-refractivity contribution in [2.45, 2.75) is 19.5 Å². The number of likely N-dealkylation sites (N-methyl/N-ethyl adjacent to an activating group) is 1. The first-order valence-electron chi connectivity index (χ1n) is 12.2. The van der Waals surface area contributed by atoms with E-state index in [0.29, 0.717) is 18.0 Å². The third-order valence-corrected chi connectivity index (χ3v) is 6.43. The molecule has 0 atom stereocenters. The molecule has 202 valence electrons. The van der Waals surface area contributed by atoms with Gasteiger partial charge in [-0.1, -0.05) is 24.6 Å². The Balaban J connectivity index is 1.34. The zero-order valence-corrected chi connectivity index (χ0v) is 21.5. The Labute approximate surface area is 223 Å². The molecule has 2 amide bonds. The molecule has 0 unspecified atom stereocenters. The standard InChI is InChI=1S/C26H28ClF3N6O2/c1-2-35-11-13-36(14-12-35)10-9-18-3-4-20(15-22(18)26(28,29)30)34-25(37)33-19-5-7-21(8-6-19)38-24-16-23(27)31-17-32-24/h3-8,15-17H,2,9-14H2,1H3,(H2,33,34,37). The number of ether oxygens (including phenoxy) is 1. The second kappa shape index (κ2) is 12.4. The van der Waals surface area contributed by atoms with E-state index in [4.69, 9.17) is 16.3 Å². The molecule has 0 radical (unpaired) electrons. The molecular weight excluding hydrogens is 521 g/mol. The number of nitrogens with one attached hydrogen (secondary N) is 2. The topological polar surface area (TPSA) is 82.6 Å². The van der Waals surface area contributed by atoms with E-state index in [0.717, 1.165) is 38.8 Å². The number of carbonyl (C=O) groups excluding carboxylic acids is 1. The lowest BCUT2D eigenvalue weighted by atomic mass is 10.0. The molecule has 0 saturated carbocycles. The summed E-state index contributed by atoms with van der Waals surface area (Å²) in [5, 5.41) is 5.31. The van der Waals surface area contributed by atoms with E-state index < -0.39 is 17.8 Å². The fourth-order valence-electron chi connectivity index (χ4n) is 4.14. The summed E-state index contributed by atoms with van der Waals surface area (Å²) in [4.78, 5) is 24.7. The van der Waals surface area contributed by atoms with Crippen LogP contribution < -0.4 is 15.4 Å². The summed E-state index contributed by atoms with van der Waals surface area (Å²) in [5.74, 6) is 0.704. The minimum Gasteiger partial charge on any atom is -0.439 e. The van der Waals surface area contributed by atoms with E-state index in [-0.39, 0.29) is 28.7 Å². The number of piperazine rings is 1. The molecule has 1 fully saturated rings. The number of carbonyl (C=O) groups is 1. The van der Waals surface area contributed by atoms with Crippen molar-refractivity contribution in [3.63, 3.8) is 0 Å². The molecule has 2 heterocycles. The van der Waals surface area contributed by atoms with Gasteiger partial charge in [-0.15, -0.1) is 0 Å². The summed E-state index contributed by atoms with van der Waals surface area (Å²) >= 11 is 5.81. The van der Waals surface area contributed by atoms with Crippen molar-refractivity contribution in [3.8, 4) is 11.6 Å². The molecular formula is C26H28ClF3N6O2. The van der Waals surface area contributed by atoms with Crippen molar-refractivity contribution in [1.82, 2.24) is 19.8 Å². The van der Waals surface area contributed by atoms with Crippen molar-refractivity contribution < 1.29 is 22.7 Å². The first-order valence-corrected chi connectivity index (χ1v) is 12.6. The van der Waals surface area contributed by atoms with E-state index in [1.165, 1.54) is 24.5 Å². The molecule has 38 heavy (non-hydrogen) atoms. The van der Waals surface area contributed by atoms with Crippen LogP contribution in [0.2, 0.25) is 5.15 Å². The molecule has 1 aliphatic rings. The number of halogens is 4. The van der Waals surface area contributed by atoms with Crippen molar-refractivity contribution in [3.05, 3.63) is 71.1 Å². The number of hydrogen-bond donors (Lipinski definition) is 2. The van der Waals surface area contributed by atoms with Crippen LogP contribution in [0.1, 0.15) is 18.1 Å². The van der Waals surface area contributed by atoms with Gasteiger partial charge in [0.1, 0.15) is 17.2 Å². The highest BCUT2D eigenvalue weighted by atomic mass is 35.5. The minimum atomic E-state index is -4.53. The fourth-order valence-corrected chi connectivity index (χ4v) is 4.27. The Morgan fingerprint density at radius 1 is 0.974 bits per heavy atom. The van der Waals surface area contributed by atoms with Gasteiger partial charge in [-0.2, -0.15) is 13.2 Å². The molecule has 1 saturated heterocycles. The highest BCUT2D eigenvalue weighted by Crippen LogP contribution is 2.34. The maximum Gasteiger partial charge on any atom is 0.416 e. The second-order valence-corrected chi connectivity index (χ2v) is 9.17. The monoisotopic (exact) mass is 548 g/mol. The van der Waals surface area contributed by atoms with Crippen LogP contribution in [-0.4, -0.2) is 65.1 Å². The number of anilines is 2. The SMILES string of the molecule is CCN1CCN(CCc2ccc(NC(=O)Nc3ccc(Oc4cc(Cl)ncn4)cc3)cc2C(F)(F)F)CC1. The molecule has 2 N–H and O–H groups in total. The molecule has 1 aromatic heterocycles. The quantitative estimate of drug-likeness (QED) is 0.348. The zero-order valence-electron chi connectivity index (χ0n) is 20.8. The Morgan fingerprint density at radius 2 is 1.63 bits per heavy atom. The van der Waals surface area contributed by atoms with Crippen molar-refractivity contribution in [2.75, 3.05) is 49.9 Å². The Morgan fingerprint density at radius 3 is 2.29 bits per heavy atom. The van der Waals surface area contributed by atoms with Crippen LogP contribution in [0.4, 0.5) is 29.3 Å². The lowest BCUT2D eigenvalue weighted by Crippen LogP contribution is -2.46. The second-order valence-electron chi connectivity index (χ2n) is 8.78. The number of urea groups is 1. The first kappa shape index (κ1) is 27.6. The molecule has 0 spiro atoms. The molecule has 1 aliphatic heterocycles. The first-order chi connectivity index (χ1) is 18.2. The van der Waals surface area contributed by atoms with Crippen LogP contribution in [0.15, 0.2) is 54.9 Å². The molecule has 8 nitrogen and oxygen atoms in total. The largest absolute Gasteiger partial charge is 0.439 e. The predicted octanol–water partition coefficient (Wildman–Crippen LogP) is 5.77. The third-order valence-electron chi connectivity index (χ3n) is 6.23. The Hall–Kier alpha value is -3.41. The van der Waals surface area contributed by atoms with Crippen LogP contribution in [0.5, 0.6) is 11.6 Å². The van der Waals surface area contributed by atoms with Crippen LogP contribution >= 0.6 is 11.6 Å². The fraction of sp³-hybridized carbons (Fsp3) is 0.346. The highest BCUT2D eigenvalue weighted by molar-refractivity contribution is 6.29. The van der Waals surface area contributed by atoms with Crippen molar-refractivity contribution >= 4 is 29.0 Å². The van der Waals surface area contributed by atoms with Gasteiger partial charge in [-0.05, 0) is 54.9 Å². The van der Waals surface area contributed by atoms with Crippen molar-refractivity contribution in [2.24, 2.45) is 0 Å². The smallest absolute Gasteiger partial charge is 0.416 e. The minimum absolute atomic E-state index is 0.0516. The number of aromatic nitrogens is 2. The lowest BCUT2D eigenvalue weighted by molar-refractivity contribution is -0.138. The Kier molecular flexibility index (Phi) is 9.03. The Bertz CT molecular complexity index is 1230. The maximum atomic E-state index is 13.8. The lowest BCUT2D eigenvalue weighted by Gasteiger charge is -2.34. The summed E-state index contributed by atoms with van der Waals surface area (Å²) in [7, 11) is 0. The van der Waals surface area contributed by atoms with Gasteiger partial charge in [0.2, 0.25) is 5.88 Å². The van der Waals surface area contributed by atoms with Crippen molar-refractivity contribution in [1.29, 1.82) is 0 Å². The van der Waals surface area contributed by atoms with Gasteiger partial charge >= 0.3 is 12.2 Å². The summed E-state index contributed by atoms with van der Waals surface area (Å²) in [6.45, 7) is 7.17. The molecule has 0 bridgehead atoms.